The Bertz CT molecular complexity index is 696. The summed E-state index contributed by atoms with van der Waals surface area (Å²) in [6.07, 6.45) is 0. The molecule has 2 aromatic carbocycles. The number of anilines is 2. The fraction of sp³-hybridized carbons (Fsp3) is 0.278. The smallest absolute Gasteiger partial charge is 0.246 e. The summed E-state index contributed by atoms with van der Waals surface area (Å²) in [6, 6.07) is 10.9. The van der Waals surface area contributed by atoms with Crippen LogP contribution in [0, 0.1) is 13.8 Å². The molecule has 0 bridgehead atoms. The summed E-state index contributed by atoms with van der Waals surface area (Å²) < 4.78 is 5.10. The molecule has 0 spiro atoms. The topological polar surface area (TPSA) is 50.4 Å². The minimum atomic E-state index is -0.378. The van der Waals surface area contributed by atoms with Crippen molar-refractivity contribution >= 4 is 28.9 Å². The first-order chi connectivity index (χ1) is 10.9. The van der Waals surface area contributed by atoms with E-state index in [-0.39, 0.29) is 11.9 Å². The SMILES string of the molecule is COc1ccc(NC(=O)C(C)Nc2cc(C)cc(C)c2)cc1Cl. The number of ether oxygens (including phenoxy) is 1. The first-order valence-electron chi connectivity index (χ1n) is 7.38. The summed E-state index contributed by atoms with van der Waals surface area (Å²) in [6.45, 7) is 5.88. The third kappa shape index (κ3) is 4.63. The summed E-state index contributed by atoms with van der Waals surface area (Å²) in [5.74, 6) is 0.441. The summed E-state index contributed by atoms with van der Waals surface area (Å²) in [5, 5.41) is 6.51. The highest BCUT2D eigenvalue weighted by molar-refractivity contribution is 6.32. The number of rotatable bonds is 5. The van der Waals surface area contributed by atoms with Crippen LogP contribution in [0.1, 0.15) is 18.1 Å². The van der Waals surface area contributed by atoms with Crippen LogP contribution in [0.25, 0.3) is 0 Å². The largest absolute Gasteiger partial charge is 0.495 e. The van der Waals surface area contributed by atoms with E-state index >= 15 is 0 Å². The summed E-state index contributed by atoms with van der Waals surface area (Å²) in [7, 11) is 1.55. The van der Waals surface area contributed by atoms with Crippen molar-refractivity contribution in [3.8, 4) is 5.75 Å². The molecule has 2 N–H and O–H groups in total. The van der Waals surface area contributed by atoms with Gasteiger partial charge in [-0.15, -0.1) is 0 Å². The Kier molecular flexibility index (Phi) is 5.50. The molecule has 0 aliphatic carbocycles. The average molecular weight is 333 g/mol. The third-order valence-electron chi connectivity index (χ3n) is 3.42. The van der Waals surface area contributed by atoms with Crippen molar-refractivity contribution in [2.75, 3.05) is 17.7 Å². The molecule has 0 fully saturated rings. The molecule has 122 valence electrons. The van der Waals surface area contributed by atoms with E-state index in [1.807, 2.05) is 32.9 Å². The zero-order chi connectivity index (χ0) is 17.0. The van der Waals surface area contributed by atoms with Gasteiger partial charge in [-0.1, -0.05) is 17.7 Å². The van der Waals surface area contributed by atoms with E-state index in [0.717, 1.165) is 16.8 Å². The first kappa shape index (κ1) is 17.2. The van der Waals surface area contributed by atoms with Gasteiger partial charge < -0.3 is 15.4 Å². The number of hydrogen-bond donors (Lipinski definition) is 2. The molecule has 1 atom stereocenters. The van der Waals surface area contributed by atoms with Crippen LogP contribution in [0.5, 0.6) is 5.75 Å². The van der Waals surface area contributed by atoms with E-state index in [2.05, 4.69) is 16.7 Å². The van der Waals surface area contributed by atoms with Gasteiger partial charge in [0.15, 0.2) is 0 Å². The van der Waals surface area contributed by atoms with Crippen LogP contribution in [-0.2, 0) is 4.79 Å². The number of benzene rings is 2. The van der Waals surface area contributed by atoms with Crippen LogP contribution in [0.2, 0.25) is 5.02 Å². The molecule has 2 rings (SSSR count). The lowest BCUT2D eigenvalue weighted by atomic mass is 10.1. The molecule has 0 aromatic heterocycles. The van der Waals surface area contributed by atoms with Crippen LogP contribution in [0.15, 0.2) is 36.4 Å². The Labute approximate surface area is 141 Å². The number of amides is 1. The fourth-order valence-corrected chi connectivity index (χ4v) is 2.63. The molecule has 4 nitrogen and oxygen atoms in total. The lowest BCUT2D eigenvalue weighted by molar-refractivity contribution is -0.116. The van der Waals surface area contributed by atoms with Gasteiger partial charge in [-0.2, -0.15) is 0 Å². The minimum Gasteiger partial charge on any atom is -0.495 e. The Morgan fingerprint density at radius 2 is 1.74 bits per heavy atom. The van der Waals surface area contributed by atoms with Gasteiger partial charge in [0.05, 0.1) is 12.1 Å². The van der Waals surface area contributed by atoms with Crippen LogP contribution in [0.3, 0.4) is 0 Å². The second-order valence-corrected chi connectivity index (χ2v) is 5.99. The number of carbonyl (C=O) groups excluding carboxylic acids is 1. The van der Waals surface area contributed by atoms with Gasteiger partial charge in [-0.25, -0.2) is 0 Å². The van der Waals surface area contributed by atoms with Crippen LogP contribution < -0.4 is 15.4 Å². The van der Waals surface area contributed by atoms with Gasteiger partial charge in [-0.3, -0.25) is 4.79 Å². The minimum absolute atomic E-state index is 0.134. The molecule has 0 saturated heterocycles. The average Bonchev–Trinajstić information content (AvgIpc) is 2.46. The maximum absolute atomic E-state index is 12.3. The van der Waals surface area contributed by atoms with E-state index in [4.69, 9.17) is 16.3 Å². The van der Waals surface area contributed by atoms with Crippen molar-refractivity contribution < 1.29 is 9.53 Å². The molecule has 1 amide bonds. The van der Waals surface area contributed by atoms with Crippen LogP contribution in [-0.4, -0.2) is 19.1 Å². The van der Waals surface area contributed by atoms with Gasteiger partial charge >= 0.3 is 0 Å². The normalized spacial score (nSPS) is 11.7. The van der Waals surface area contributed by atoms with Crippen molar-refractivity contribution in [2.24, 2.45) is 0 Å². The van der Waals surface area contributed by atoms with Crippen LogP contribution >= 0.6 is 11.6 Å². The second-order valence-electron chi connectivity index (χ2n) is 5.58. The van der Waals surface area contributed by atoms with Gasteiger partial charge in [0, 0.05) is 11.4 Å². The molecule has 1 unspecified atom stereocenters. The zero-order valence-corrected chi connectivity index (χ0v) is 14.5. The van der Waals surface area contributed by atoms with E-state index in [9.17, 15) is 4.79 Å². The van der Waals surface area contributed by atoms with Crippen molar-refractivity contribution in [1.29, 1.82) is 0 Å². The number of carbonyl (C=O) groups is 1. The Morgan fingerprint density at radius 1 is 1.09 bits per heavy atom. The molecule has 0 saturated carbocycles. The highest BCUT2D eigenvalue weighted by Crippen LogP contribution is 2.27. The third-order valence-corrected chi connectivity index (χ3v) is 3.71. The molecule has 0 heterocycles. The maximum atomic E-state index is 12.3. The molecule has 0 aliphatic heterocycles. The van der Waals surface area contributed by atoms with Gasteiger partial charge in [0.25, 0.3) is 0 Å². The summed E-state index contributed by atoms with van der Waals surface area (Å²) >= 11 is 6.07. The molecule has 2 aromatic rings. The number of hydrogen-bond acceptors (Lipinski definition) is 3. The van der Waals surface area contributed by atoms with Crippen molar-refractivity contribution in [3.63, 3.8) is 0 Å². The Morgan fingerprint density at radius 3 is 2.30 bits per heavy atom. The summed E-state index contributed by atoms with van der Waals surface area (Å²) in [5.41, 5.74) is 3.87. The molecular formula is C18H21ClN2O2. The molecule has 23 heavy (non-hydrogen) atoms. The van der Waals surface area contributed by atoms with E-state index in [1.165, 1.54) is 0 Å². The number of aryl methyl sites for hydroxylation is 2. The molecule has 5 heteroatoms. The highest BCUT2D eigenvalue weighted by atomic mass is 35.5. The zero-order valence-electron chi connectivity index (χ0n) is 13.7. The lowest BCUT2D eigenvalue weighted by Gasteiger charge is -2.16. The van der Waals surface area contributed by atoms with Crippen molar-refractivity contribution in [1.82, 2.24) is 0 Å². The summed E-state index contributed by atoms with van der Waals surface area (Å²) in [4.78, 5) is 12.3. The van der Waals surface area contributed by atoms with Crippen LogP contribution in [0.4, 0.5) is 11.4 Å². The van der Waals surface area contributed by atoms with E-state index < -0.39 is 0 Å². The molecule has 0 aliphatic rings. The first-order valence-corrected chi connectivity index (χ1v) is 7.76. The molecule has 0 radical (unpaired) electrons. The second kappa shape index (κ2) is 7.38. The van der Waals surface area contributed by atoms with Gasteiger partial charge in [-0.05, 0) is 62.2 Å². The lowest BCUT2D eigenvalue weighted by Crippen LogP contribution is -2.31. The standard InChI is InChI=1S/C18H21ClN2O2/c1-11-7-12(2)9-15(8-11)20-13(3)18(22)21-14-5-6-17(23-4)16(19)10-14/h5-10,13,20H,1-4H3,(H,21,22). The highest BCUT2D eigenvalue weighted by Gasteiger charge is 2.14. The van der Waals surface area contributed by atoms with Crippen molar-refractivity contribution in [2.45, 2.75) is 26.8 Å². The molecular weight excluding hydrogens is 312 g/mol. The number of methoxy groups -OCH3 is 1. The Hall–Kier alpha value is -2.20. The maximum Gasteiger partial charge on any atom is 0.246 e. The predicted octanol–water partition coefficient (Wildman–Crippen LogP) is 4.40. The van der Waals surface area contributed by atoms with E-state index in [1.54, 1.807) is 25.3 Å². The van der Waals surface area contributed by atoms with Crippen molar-refractivity contribution in [3.05, 3.63) is 52.5 Å². The monoisotopic (exact) mass is 332 g/mol. The van der Waals surface area contributed by atoms with Gasteiger partial charge in [0.2, 0.25) is 5.91 Å². The van der Waals surface area contributed by atoms with E-state index in [0.29, 0.717) is 16.5 Å². The number of nitrogens with one attached hydrogen (secondary N) is 2. The van der Waals surface area contributed by atoms with Gasteiger partial charge in [0.1, 0.15) is 11.8 Å². The fourth-order valence-electron chi connectivity index (χ4n) is 2.37. The predicted molar refractivity (Wildman–Crippen MR) is 95.6 cm³/mol. The quantitative estimate of drug-likeness (QED) is 0.853. The Balaban J connectivity index is 2.03. The number of halogens is 1.